The molecule has 0 bridgehead atoms. The Labute approximate surface area is 181 Å². The second-order valence-electron chi connectivity index (χ2n) is 7.29. The summed E-state index contributed by atoms with van der Waals surface area (Å²) in [5, 5.41) is 2.97. The van der Waals surface area contributed by atoms with Gasteiger partial charge in [0, 0.05) is 35.8 Å². The van der Waals surface area contributed by atoms with Crippen LogP contribution in [0.15, 0.2) is 72.8 Å². The molecule has 0 spiro atoms. The number of methoxy groups -OCH3 is 2. The number of nitrogens with zero attached hydrogens (tertiary/aromatic N) is 1. The molecule has 0 radical (unpaired) electrons. The normalized spacial score (nSPS) is 14.6. The molecule has 6 heteroatoms. The number of amides is 2. The predicted octanol–water partition coefficient (Wildman–Crippen LogP) is 3.59. The molecule has 1 atom stereocenters. The number of hydrogen-bond acceptors (Lipinski definition) is 4. The van der Waals surface area contributed by atoms with Gasteiger partial charge in [0.05, 0.1) is 14.2 Å². The van der Waals surface area contributed by atoms with E-state index in [1.807, 2.05) is 54.6 Å². The maximum Gasteiger partial charge on any atom is 0.259 e. The summed E-state index contributed by atoms with van der Waals surface area (Å²) < 4.78 is 10.6. The number of carbonyl (C=O) groups excluding carboxylic acids is 2. The van der Waals surface area contributed by atoms with Gasteiger partial charge in [0.1, 0.15) is 17.5 Å². The number of ether oxygens (including phenoxy) is 2. The Bertz CT molecular complexity index is 1100. The standard InChI is InChI=1S/C25H24N2O4/c1-30-20-13-12-19(23(15-20)31-2)16-26-24(28)22-14-18-10-6-7-11-21(18)27(22)25(29)17-8-4-3-5-9-17/h3-13,15,22H,14,16H2,1-2H3,(H,26,28). The molecule has 4 rings (SSSR count). The van der Waals surface area contributed by atoms with E-state index in [0.29, 0.717) is 23.5 Å². The molecule has 158 valence electrons. The fourth-order valence-corrected chi connectivity index (χ4v) is 3.86. The van der Waals surface area contributed by atoms with Crippen molar-refractivity contribution in [2.24, 2.45) is 0 Å². The molecule has 0 aliphatic carbocycles. The number of rotatable bonds is 6. The number of anilines is 1. The first-order valence-electron chi connectivity index (χ1n) is 10.1. The van der Waals surface area contributed by atoms with Crippen LogP contribution in [0.1, 0.15) is 21.5 Å². The Hall–Kier alpha value is -3.80. The van der Waals surface area contributed by atoms with Gasteiger partial charge in [-0.1, -0.05) is 36.4 Å². The molecule has 1 aliphatic heterocycles. The molecular formula is C25H24N2O4. The van der Waals surface area contributed by atoms with Crippen LogP contribution in [0, 0.1) is 0 Å². The molecule has 1 heterocycles. The van der Waals surface area contributed by atoms with E-state index in [1.54, 1.807) is 37.3 Å². The highest BCUT2D eigenvalue weighted by Gasteiger charge is 2.38. The summed E-state index contributed by atoms with van der Waals surface area (Å²) in [5.41, 5.74) is 3.13. The van der Waals surface area contributed by atoms with Crippen LogP contribution in [-0.2, 0) is 17.8 Å². The average molecular weight is 416 g/mol. The van der Waals surface area contributed by atoms with E-state index >= 15 is 0 Å². The molecule has 1 aliphatic rings. The zero-order chi connectivity index (χ0) is 21.8. The van der Waals surface area contributed by atoms with Crippen LogP contribution < -0.4 is 19.7 Å². The van der Waals surface area contributed by atoms with Crippen LogP contribution in [0.5, 0.6) is 11.5 Å². The summed E-state index contributed by atoms with van der Waals surface area (Å²) in [6, 6.07) is 21.5. The van der Waals surface area contributed by atoms with Gasteiger partial charge in [-0.05, 0) is 35.9 Å². The molecule has 31 heavy (non-hydrogen) atoms. The fourth-order valence-electron chi connectivity index (χ4n) is 3.86. The molecule has 6 nitrogen and oxygen atoms in total. The Morgan fingerprint density at radius 1 is 0.968 bits per heavy atom. The Kier molecular flexibility index (Phi) is 5.89. The van der Waals surface area contributed by atoms with Crippen LogP contribution in [-0.4, -0.2) is 32.1 Å². The van der Waals surface area contributed by atoms with E-state index in [9.17, 15) is 9.59 Å². The van der Waals surface area contributed by atoms with Gasteiger partial charge < -0.3 is 14.8 Å². The van der Waals surface area contributed by atoms with Gasteiger partial charge in [-0.15, -0.1) is 0 Å². The summed E-state index contributed by atoms with van der Waals surface area (Å²) in [4.78, 5) is 28.1. The molecule has 2 amide bonds. The lowest BCUT2D eigenvalue weighted by Crippen LogP contribution is -2.48. The van der Waals surface area contributed by atoms with Crippen molar-refractivity contribution in [2.75, 3.05) is 19.1 Å². The minimum absolute atomic E-state index is 0.187. The predicted molar refractivity (Wildman–Crippen MR) is 119 cm³/mol. The molecule has 3 aromatic carbocycles. The maximum atomic E-state index is 13.3. The molecule has 0 saturated carbocycles. The van der Waals surface area contributed by atoms with Gasteiger partial charge in [0.15, 0.2) is 0 Å². The number of fused-ring (bicyclic) bond motifs is 1. The fraction of sp³-hybridized carbons (Fsp3) is 0.200. The Balaban J connectivity index is 1.56. The molecule has 3 aromatic rings. The smallest absolute Gasteiger partial charge is 0.259 e. The quantitative estimate of drug-likeness (QED) is 0.667. The number of para-hydroxylation sites is 1. The van der Waals surface area contributed by atoms with Crippen molar-refractivity contribution in [3.05, 3.63) is 89.5 Å². The monoisotopic (exact) mass is 416 g/mol. The zero-order valence-electron chi connectivity index (χ0n) is 17.5. The zero-order valence-corrected chi connectivity index (χ0v) is 17.5. The SMILES string of the molecule is COc1ccc(CNC(=O)C2Cc3ccccc3N2C(=O)c2ccccc2)c(OC)c1. The van der Waals surface area contributed by atoms with Crippen molar-refractivity contribution in [3.63, 3.8) is 0 Å². The summed E-state index contributed by atoms with van der Waals surface area (Å²) in [5.74, 6) is 0.912. The molecule has 0 aromatic heterocycles. The van der Waals surface area contributed by atoms with E-state index in [-0.39, 0.29) is 18.4 Å². The lowest BCUT2D eigenvalue weighted by Gasteiger charge is -2.25. The summed E-state index contributed by atoms with van der Waals surface area (Å²) in [6.45, 7) is 0.284. The topological polar surface area (TPSA) is 67.9 Å². The van der Waals surface area contributed by atoms with Gasteiger partial charge in [-0.2, -0.15) is 0 Å². The van der Waals surface area contributed by atoms with Crippen LogP contribution in [0.25, 0.3) is 0 Å². The third-order valence-electron chi connectivity index (χ3n) is 5.47. The van der Waals surface area contributed by atoms with Crippen molar-refractivity contribution in [1.29, 1.82) is 0 Å². The lowest BCUT2D eigenvalue weighted by molar-refractivity contribution is -0.122. The Morgan fingerprint density at radius 3 is 2.45 bits per heavy atom. The van der Waals surface area contributed by atoms with Crippen molar-refractivity contribution in [2.45, 2.75) is 19.0 Å². The largest absolute Gasteiger partial charge is 0.497 e. The lowest BCUT2D eigenvalue weighted by atomic mass is 10.1. The maximum absolute atomic E-state index is 13.3. The molecular weight excluding hydrogens is 392 g/mol. The van der Waals surface area contributed by atoms with Gasteiger partial charge in [0.2, 0.25) is 5.91 Å². The van der Waals surface area contributed by atoms with Crippen LogP contribution in [0.3, 0.4) is 0 Å². The molecule has 1 unspecified atom stereocenters. The number of nitrogens with one attached hydrogen (secondary N) is 1. The van der Waals surface area contributed by atoms with E-state index in [1.165, 1.54) is 0 Å². The van der Waals surface area contributed by atoms with E-state index in [4.69, 9.17) is 9.47 Å². The van der Waals surface area contributed by atoms with Gasteiger partial charge in [-0.25, -0.2) is 0 Å². The molecule has 0 saturated heterocycles. The molecule has 1 N–H and O–H groups in total. The Morgan fingerprint density at radius 2 is 1.71 bits per heavy atom. The first-order valence-corrected chi connectivity index (χ1v) is 10.1. The molecule has 0 fully saturated rings. The third kappa shape index (κ3) is 4.10. The third-order valence-corrected chi connectivity index (χ3v) is 5.47. The minimum Gasteiger partial charge on any atom is -0.497 e. The van der Waals surface area contributed by atoms with Gasteiger partial charge in [0.25, 0.3) is 5.91 Å². The van der Waals surface area contributed by atoms with Crippen molar-refractivity contribution in [1.82, 2.24) is 5.32 Å². The second-order valence-corrected chi connectivity index (χ2v) is 7.29. The number of carbonyl (C=O) groups is 2. The van der Waals surface area contributed by atoms with E-state index < -0.39 is 6.04 Å². The van der Waals surface area contributed by atoms with Crippen LogP contribution in [0.2, 0.25) is 0 Å². The van der Waals surface area contributed by atoms with Crippen molar-refractivity contribution >= 4 is 17.5 Å². The van der Waals surface area contributed by atoms with Crippen molar-refractivity contribution in [3.8, 4) is 11.5 Å². The van der Waals surface area contributed by atoms with Gasteiger partial charge in [-0.3, -0.25) is 14.5 Å². The van der Waals surface area contributed by atoms with Crippen molar-refractivity contribution < 1.29 is 19.1 Å². The van der Waals surface area contributed by atoms with Crippen LogP contribution >= 0.6 is 0 Å². The second kappa shape index (κ2) is 8.92. The van der Waals surface area contributed by atoms with E-state index in [0.717, 1.165) is 16.8 Å². The highest BCUT2D eigenvalue weighted by atomic mass is 16.5. The first kappa shape index (κ1) is 20.5. The summed E-state index contributed by atoms with van der Waals surface area (Å²) >= 11 is 0. The summed E-state index contributed by atoms with van der Waals surface area (Å²) in [7, 11) is 3.17. The highest BCUT2D eigenvalue weighted by molar-refractivity contribution is 6.11. The summed E-state index contributed by atoms with van der Waals surface area (Å²) in [6.07, 6.45) is 0.473. The average Bonchev–Trinajstić information content (AvgIpc) is 3.22. The number of hydrogen-bond donors (Lipinski definition) is 1. The van der Waals surface area contributed by atoms with Crippen LogP contribution in [0.4, 0.5) is 5.69 Å². The minimum atomic E-state index is -0.616. The highest BCUT2D eigenvalue weighted by Crippen LogP contribution is 2.33. The first-order chi connectivity index (χ1) is 15.1. The van der Waals surface area contributed by atoms with E-state index in [2.05, 4.69) is 5.32 Å². The van der Waals surface area contributed by atoms with Gasteiger partial charge >= 0.3 is 0 Å². The number of benzene rings is 3.